The Morgan fingerprint density at radius 1 is 1.04 bits per heavy atom. The maximum Gasteiger partial charge on any atom is 0.309 e. The van der Waals surface area contributed by atoms with E-state index in [2.05, 4.69) is 4.98 Å². The maximum absolute atomic E-state index is 11.1. The molecule has 0 amide bonds. The van der Waals surface area contributed by atoms with Crippen molar-refractivity contribution in [3.63, 3.8) is 0 Å². The first kappa shape index (κ1) is 16.8. The van der Waals surface area contributed by atoms with Gasteiger partial charge in [0.25, 0.3) is 0 Å². The van der Waals surface area contributed by atoms with Crippen molar-refractivity contribution < 1.29 is 14.6 Å². The lowest BCUT2D eigenvalue weighted by Gasteiger charge is -2.04. The SMILES string of the molecule is O=C(O)Cc1nc(-c2ccc(Cl)cc2)sc1Oc1ccc(Cl)cc1. The summed E-state index contributed by atoms with van der Waals surface area (Å²) in [5.74, 6) is -0.402. The van der Waals surface area contributed by atoms with E-state index in [0.717, 1.165) is 5.56 Å². The Balaban J connectivity index is 1.95. The number of ether oxygens (including phenoxy) is 1. The number of carbonyl (C=O) groups is 1. The van der Waals surface area contributed by atoms with Crippen LogP contribution in [0.15, 0.2) is 48.5 Å². The number of carboxylic acid groups (broad SMARTS) is 1. The number of nitrogens with zero attached hydrogens (tertiary/aromatic N) is 1. The van der Waals surface area contributed by atoms with E-state index < -0.39 is 5.97 Å². The van der Waals surface area contributed by atoms with Crippen molar-refractivity contribution in [1.29, 1.82) is 0 Å². The molecule has 0 aliphatic carbocycles. The zero-order valence-electron chi connectivity index (χ0n) is 12.2. The number of carboxylic acids is 1. The van der Waals surface area contributed by atoms with Gasteiger partial charge in [-0.3, -0.25) is 4.79 Å². The van der Waals surface area contributed by atoms with E-state index in [1.807, 2.05) is 12.1 Å². The molecule has 1 aromatic heterocycles. The van der Waals surface area contributed by atoms with Crippen molar-refractivity contribution in [3.05, 3.63) is 64.3 Å². The lowest BCUT2D eigenvalue weighted by atomic mass is 10.2. The van der Waals surface area contributed by atoms with E-state index >= 15 is 0 Å². The Bertz CT molecular complexity index is 861. The van der Waals surface area contributed by atoms with Gasteiger partial charge in [-0.1, -0.05) is 46.7 Å². The van der Waals surface area contributed by atoms with Gasteiger partial charge in [0.05, 0.1) is 6.42 Å². The van der Waals surface area contributed by atoms with Crippen LogP contribution in [0.5, 0.6) is 10.8 Å². The van der Waals surface area contributed by atoms with Gasteiger partial charge in [0.15, 0.2) is 0 Å². The molecule has 0 fully saturated rings. The lowest BCUT2D eigenvalue weighted by molar-refractivity contribution is -0.136. The summed E-state index contributed by atoms with van der Waals surface area (Å²) < 4.78 is 5.80. The van der Waals surface area contributed by atoms with Crippen LogP contribution in [0.4, 0.5) is 0 Å². The molecule has 3 rings (SSSR count). The van der Waals surface area contributed by atoms with Crippen molar-refractivity contribution in [1.82, 2.24) is 4.98 Å². The zero-order valence-corrected chi connectivity index (χ0v) is 14.5. The highest BCUT2D eigenvalue weighted by atomic mass is 35.5. The maximum atomic E-state index is 11.1. The first-order valence-electron chi connectivity index (χ1n) is 6.92. The molecule has 0 atom stereocenters. The third-order valence-corrected chi connectivity index (χ3v) is 4.62. The van der Waals surface area contributed by atoms with Crippen LogP contribution < -0.4 is 4.74 Å². The first-order chi connectivity index (χ1) is 11.5. The normalized spacial score (nSPS) is 10.6. The molecular weight excluding hydrogens is 369 g/mol. The summed E-state index contributed by atoms with van der Waals surface area (Å²) in [5.41, 5.74) is 1.23. The second kappa shape index (κ2) is 7.21. The Morgan fingerprint density at radius 2 is 1.62 bits per heavy atom. The quantitative estimate of drug-likeness (QED) is 0.632. The van der Waals surface area contributed by atoms with Crippen LogP contribution >= 0.6 is 34.5 Å². The highest BCUT2D eigenvalue weighted by molar-refractivity contribution is 7.17. The topological polar surface area (TPSA) is 59.4 Å². The smallest absolute Gasteiger partial charge is 0.309 e. The Morgan fingerprint density at radius 3 is 2.21 bits per heavy atom. The van der Waals surface area contributed by atoms with E-state index in [-0.39, 0.29) is 6.42 Å². The Labute approximate surface area is 152 Å². The fourth-order valence-corrected chi connectivity index (χ4v) is 3.21. The molecule has 24 heavy (non-hydrogen) atoms. The van der Waals surface area contributed by atoms with Gasteiger partial charge in [-0.2, -0.15) is 0 Å². The molecule has 0 spiro atoms. The monoisotopic (exact) mass is 379 g/mol. The summed E-state index contributed by atoms with van der Waals surface area (Å²) in [4.78, 5) is 15.5. The number of aliphatic carboxylic acids is 1. The lowest BCUT2D eigenvalue weighted by Crippen LogP contribution is -2.01. The molecule has 0 bridgehead atoms. The molecule has 122 valence electrons. The highest BCUT2D eigenvalue weighted by Crippen LogP contribution is 2.37. The van der Waals surface area contributed by atoms with Gasteiger partial charge in [-0.25, -0.2) is 4.98 Å². The number of benzene rings is 2. The first-order valence-corrected chi connectivity index (χ1v) is 8.49. The molecule has 2 aromatic carbocycles. The average Bonchev–Trinajstić information content (AvgIpc) is 2.92. The van der Waals surface area contributed by atoms with E-state index in [1.54, 1.807) is 36.4 Å². The van der Waals surface area contributed by atoms with Crippen molar-refractivity contribution in [2.75, 3.05) is 0 Å². The number of halogens is 2. The predicted octanol–water partition coefficient (Wildman–Crippen LogP) is 5.54. The fraction of sp³-hybridized carbons (Fsp3) is 0.0588. The molecule has 7 heteroatoms. The van der Waals surface area contributed by atoms with E-state index in [1.165, 1.54) is 11.3 Å². The van der Waals surface area contributed by atoms with Crippen LogP contribution in [0.2, 0.25) is 10.0 Å². The third-order valence-electron chi connectivity index (χ3n) is 3.10. The van der Waals surface area contributed by atoms with E-state index in [0.29, 0.717) is 31.6 Å². The third kappa shape index (κ3) is 4.06. The largest absolute Gasteiger partial charge is 0.481 e. The molecule has 1 N–H and O–H groups in total. The molecule has 1 heterocycles. The Hall–Kier alpha value is -2.08. The van der Waals surface area contributed by atoms with Crippen LogP contribution in [-0.2, 0) is 11.2 Å². The summed E-state index contributed by atoms with van der Waals surface area (Å²) in [6.45, 7) is 0. The minimum atomic E-state index is -0.969. The molecular formula is C17H11Cl2NO3S. The van der Waals surface area contributed by atoms with Gasteiger partial charge in [0, 0.05) is 15.6 Å². The minimum absolute atomic E-state index is 0.215. The standard InChI is InChI=1S/C17H11Cl2NO3S/c18-11-3-1-10(2-4-11)16-20-14(9-15(21)22)17(24-16)23-13-7-5-12(19)6-8-13/h1-8H,9H2,(H,21,22). The molecule has 0 aliphatic heterocycles. The summed E-state index contributed by atoms with van der Waals surface area (Å²) in [6, 6.07) is 14.0. The molecule has 0 saturated heterocycles. The van der Waals surface area contributed by atoms with Crippen LogP contribution in [-0.4, -0.2) is 16.1 Å². The molecule has 0 radical (unpaired) electrons. The molecule has 0 aliphatic rings. The van der Waals surface area contributed by atoms with Crippen LogP contribution in [0.3, 0.4) is 0 Å². The zero-order chi connectivity index (χ0) is 17.1. The second-order valence-corrected chi connectivity index (χ2v) is 6.72. The van der Waals surface area contributed by atoms with Crippen molar-refractivity contribution in [2.45, 2.75) is 6.42 Å². The number of thiazole rings is 1. The summed E-state index contributed by atoms with van der Waals surface area (Å²) in [6.07, 6.45) is -0.215. The van der Waals surface area contributed by atoms with E-state index in [4.69, 9.17) is 33.0 Å². The van der Waals surface area contributed by atoms with Crippen molar-refractivity contribution in [3.8, 4) is 21.4 Å². The van der Waals surface area contributed by atoms with Gasteiger partial charge in [0.2, 0.25) is 5.06 Å². The van der Waals surface area contributed by atoms with Gasteiger partial charge >= 0.3 is 5.97 Å². The number of aromatic nitrogens is 1. The van der Waals surface area contributed by atoms with Gasteiger partial charge in [-0.15, -0.1) is 0 Å². The molecule has 4 nitrogen and oxygen atoms in total. The van der Waals surface area contributed by atoms with Crippen molar-refractivity contribution >= 4 is 40.5 Å². The summed E-state index contributed by atoms with van der Waals surface area (Å²) in [5, 5.41) is 11.4. The van der Waals surface area contributed by atoms with Gasteiger partial charge in [-0.05, 0) is 36.4 Å². The molecule has 0 saturated carbocycles. The molecule has 3 aromatic rings. The van der Waals surface area contributed by atoms with E-state index in [9.17, 15) is 4.79 Å². The Kier molecular flexibility index (Phi) is 5.04. The van der Waals surface area contributed by atoms with Crippen LogP contribution in [0.25, 0.3) is 10.6 Å². The minimum Gasteiger partial charge on any atom is -0.481 e. The number of hydrogen-bond donors (Lipinski definition) is 1. The average molecular weight is 380 g/mol. The highest BCUT2D eigenvalue weighted by Gasteiger charge is 2.17. The van der Waals surface area contributed by atoms with Crippen LogP contribution in [0.1, 0.15) is 5.69 Å². The van der Waals surface area contributed by atoms with Crippen molar-refractivity contribution in [2.24, 2.45) is 0 Å². The van der Waals surface area contributed by atoms with Gasteiger partial charge in [0.1, 0.15) is 16.5 Å². The van der Waals surface area contributed by atoms with Gasteiger partial charge < -0.3 is 9.84 Å². The molecule has 0 unspecified atom stereocenters. The fourth-order valence-electron chi connectivity index (χ4n) is 2.00. The van der Waals surface area contributed by atoms with Crippen LogP contribution in [0, 0.1) is 0 Å². The summed E-state index contributed by atoms with van der Waals surface area (Å²) in [7, 11) is 0. The number of hydrogen-bond acceptors (Lipinski definition) is 4. The summed E-state index contributed by atoms with van der Waals surface area (Å²) >= 11 is 13.0. The second-order valence-electron chi connectivity index (χ2n) is 4.89. The number of rotatable bonds is 5. The predicted molar refractivity (Wildman–Crippen MR) is 95.4 cm³/mol.